The third kappa shape index (κ3) is 3.04. The van der Waals surface area contributed by atoms with E-state index in [1.54, 1.807) is 11.3 Å². The van der Waals surface area contributed by atoms with Gasteiger partial charge in [0.25, 0.3) is 0 Å². The smallest absolute Gasteiger partial charge is 0.0536 e. The van der Waals surface area contributed by atoms with Crippen LogP contribution in [-0.4, -0.2) is 31.5 Å². The molecule has 2 N–H and O–H groups in total. The quantitative estimate of drug-likeness (QED) is 0.795. The molecule has 1 aliphatic rings. The fraction of sp³-hybridized carbons (Fsp3) is 0.667. The monoisotopic (exact) mass is 241 g/mol. The zero-order valence-electron chi connectivity index (χ0n) is 9.45. The molecule has 0 spiro atoms. The van der Waals surface area contributed by atoms with Gasteiger partial charge in [0.05, 0.1) is 6.61 Å². The third-order valence-corrected chi connectivity index (χ3v) is 3.97. The van der Waals surface area contributed by atoms with Crippen molar-refractivity contribution in [1.82, 2.24) is 5.32 Å². The molecule has 2 heterocycles. The lowest BCUT2D eigenvalue weighted by molar-refractivity contribution is 0.124. The van der Waals surface area contributed by atoms with Gasteiger partial charge in [0, 0.05) is 31.7 Å². The van der Waals surface area contributed by atoms with Gasteiger partial charge in [0.2, 0.25) is 0 Å². The second-order valence-electron chi connectivity index (χ2n) is 4.51. The van der Waals surface area contributed by atoms with Crippen LogP contribution in [0.3, 0.4) is 0 Å². The highest BCUT2D eigenvalue weighted by Gasteiger charge is 2.33. The molecule has 1 atom stereocenters. The van der Waals surface area contributed by atoms with Crippen molar-refractivity contribution >= 4 is 11.3 Å². The van der Waals surface area contributed by atoms with Gasteiger partial charge < -0.3 is 15.2 Å². The van der Waals surface area contributed by atoms with E-state index in [9.17, 15) is 0 Å². The van der Waals surface area contributed by atoms with Crippen LogP contribution in [0.15, 0.2) is 16.8 Å². The number of aliphatic hydroxyl groups excluding tert-OH is 1. The maximum Gasteiger partial charge on any atom is 0.0536 e. The summed E-state index contributed by atoms with van der Waals surface area (Å²) in [6.07, 6.45) is 1.90. The van der Waals surface area contributed by atoms with E-state index >= 15 is 0 Å². The summed E-state index contributed by atoms with van der Waals surface area (Å²) in [5, 5.41) is 16.8. The zero-order chi connectivity index (χ0) is 11.3. The first-order valence-electron chi connectivity index (χ1n) is 5.75. The van der Waals surface area contributed by atoms with E-state index in [-0.39, 0.29) is 12.0 Å². The molecule has 1 aromatic heterocycles. The van der Waals surface area contributed by atoms with Gasteiger partial charge in [0.15, 0.2) is 0 Å². The topological polar surface area (TPSA) is 41.5 Å². The molecule has 90 valence electrons. The number of nitrogens with one attached hydrogen (secondary N) is 1. The second kappa shape index (κ2) is 5.77. The first-order chi connectivity index (χ1) is 7.85. The van der Waals surface area contributed by atoms with Crippen LogP contribution >= 0.6 is 11.3 Å². The van der Waals surface area contributed by atoms with Crippen molar-refractivity contribution in [3.8, 4) is 0 Å². The minimum absolute atomic E-state index is 0.158. The summed E-state index contributed by atoms with van der Waals surface area (Å²) in [7, 11) is 0. The van der Waals surface area contributed by atoms with Gasteiger partial charge in [-0.25, -0.2) is 0 Å². The summed E-state index contributed by atoms with van der Waals surface area (Å²) in [6.45, 7) is 3.72. The maximum absolute atomic E-state index is 9.09. The van der Waals surface area contributed by atoms with Crippen LogP contribution in [0.2, 0.25) is 0 Å². The third-order valence-electron chi connectivity index (χ3n) is 3.24. The molecule has 0 saturated carbocycles. The fourth-order valence-electron chi connectivity index (χ4n) is 2.18. The Bertz CT molecular complexity index is 294. The summed E-state index contributed by atoms with van der Waals surface area (Å²) in [6, 6.07) is 2.14. The van der Waals surface area contributed by atoms with Crippen molar-refractivity contribution in [3.63, 3.8) is 0 Å². The van der Waals surface area contributed by atoms with Gasteiger partial charge in [-0.1, -0.05) is 0 Å². The fourth-order valence-corrected chi connectivity index (χ4v) is 2.85. The molecule has 0 amide bonds. The standard InChI is InChI=1S/C12H19NO2S/c14-4-2-12(3-5-15-10-12)9-13-7-11-1-6-16-8-11/h1,6,8,13-14H,2-5,7,9-10H2. The molecule has 1 unspecified atom stereocenters. The summed E-state index contributed by atoms with van der Waals surface area (Å²) in [5.74, 6) is 0. The van der Waals surface area contributed by atoms with Crippen LogP contribution in [0.5, 0.6) is 0 Å². The molecule has 0 radical (unpaired) electrons. The molecule has 2 rings (SSSR count). The Morgan fingerprint density at radius 1 is 1.56 bits per heavy atom. The zero-order valence-corrected chi connectivity index (χ0v) is 10.3. The highest BCUT2D eigenvalue weighted by Crippen LogP contribution is 2.31. The van der Waals surface area contributed by atoms with Crippen LogP contribution in [0.1, 0.15) is 18.4 Å². The number of thiophene rings is 1. The van der Waals surface area contributed by atoms with Crippen molar-refractivity contribution in [2.75, 3.05) is 26.4 Å². The number of hydrogen-bond acceptors (Lipinski definition) is 4. The summed E-state index contributed by atoms with van der Waals surface area (Å²) in [5.41, 5.74) is 1.49. The van der Waals surface area contributed by atoms with Crippen molar-refractivity contribution in [2.24, 2.45) is 5.41 Å². The SMILES string of the molecule is OCCC1(CNCc2ccsc2)CCOC1. The predicted molar refractivity (Wildman–Crippen MR) is 65.6 cm³/mol. The van der Waals surface area contributed by atoms with Crippen molar-refractivity contribution < 1.29 is 9.84 Å². The molecule has 0 aliphatic carbocycles. The maximum atomic E-state index is 9.09. The van der Waals surface area contributed by atoms with Gasteiger partial charge in [-0.15, -0.1) is 0 Å². The number of aliphatic hydroxyl groups is 1. The highest BCUT2D eigenvalue weighted by molar-refractivity contribution is 7.07. The van der Waals surface area contributed by atoms with Crippen molar-refractivity contribution in [2.45, 2.75) is 19.4 Å². The first-order valence-corrected chi connectivity index (χ1v) is 6.69. The number of rotatable bonds is 6. The predicted octanol–water partition coefficient (Wildman–Crippen LogP) is 1.63. The van der Waals surface area contributed by atoms with Crippen molar-refractivity contribution in [3.05, 3.63) is 22.4 Å². The van der Waals surface area contributed by atoms with E-state index in [0.717, 1.165) is 39.1 Å². The molecule has 3 nitrogen and oxygen atoms in total. The van der Waals surface area contributed by atoms with E-state index in [1.807, 2.05) is 0 Å². The summed E-state index contributed by atoms with van der Waals surface area (Å²) < 4.78 is 5.45. The Morgan fingerprint density at radius 2 is 2.50 bits per heavy atom. The minimum Gasteiger partial charge on any atom is -0.396 e. The van der Waals surface area contributed by atoms with Gasteiger partial charge in [-0.2, -0.15) is 11.3 Å². The molecular formula is C12H19NO2S. The van der Waals surface area contributed by atoms with Gasteiger partial charge in [0.1, 0.15) is 0 Å². The average Bonchev–Trinajstić information content (AvgIpc) is 2.90. The van der Waals surface area contributed by atoms with E-state index < -0.39 is 0 Å². The van der Waals surface area contributed by atoms with Crippen LogP contribution in [0.4, 0.5) is 0 Å². The molecule has 4 heteroatoms. The second-order valence-corrected chi connectivity index (χ2v) is 5.29. The Morgan fingerprint density at radius 3 is 3.12 bits per heavy atom. The van der Waals surface area contributed by atoms with Crippen LogP contribution in [-0.2, 0) is 11.3 Å². The lowest BCUT2D eigenvalue weighted by Crippen LogP contribution is -2.35. The van der Waals surface area contributed by atoms with Gasteiger partial charge in [-0.3, -0.25) is 0 Å². The molecule has 1 aromatic rings. The van der Waals surface area contributed by atoms with Gasteiger partial charge >= 0.3 is 0 Å². The Hall–Kier alpha value is -0.420. The van der Waals surface area contributed by atoms with E-state index in [4.69, 9.17) is 9.84 Å². The molecular weight excluding hydrogens is 222 g/mol. The molecule has 0 bridgehead atoms. The molecule has 16 heavy (non-hydrogen) atoms. The normalized spacial score (nSPS) is 25.1. The largest absolute Gasteiger partial charge is 0.396 e. The number of ether oxygens (including phenoxy) is 1. The lowest BCUT2D eigenvalue weighted by Gasteiger charge is -2.26. The van der Waals surface area contributed by atoms with E-state index in [1.165, 1.54) is 5.56 Å². The van der Waals surface area contributed by atoms with Crippen LogP contribution in [0, 0.1) is 5.41 Å². The van der Waals surface area contributed by atoms with Crippen LogP contribution in [0.25, 0.3) is 0 Å². The highest BCUT2D eigenvalue weighted by atomic mass is 32.1. The Balaban J connectivity index is 1.78. The molecule has 0 aromatic carbocycles. The Kier molecular flexibility index (Phi) is 4.35. The first kappa shape index (κ1) is 12.0. The number of hydrogen-bond donors (Lipinski definition) is 2. The summed E-state index contributed by atoms with van der Waals surface area (Å²) in [4.78, 5) is 0. The minimum atomic E-state index is 0.158. The Labute approximate surface area is 100 Å². The molecule has 1 saturated heterocycles. The van der Waals surface area contributed by atoms with Crippen LogP contribution < -0.4 is 5.32 Å². The van der Waals surface area contributed by atoms with Crippen molar-refractivity contribution in [1.29, 1.82) is 0 Å². The molecule has 1 fully saturated rings. The summed E-state index contributed by atoms with van der Waals surface area (Å²) >= 11 is 1.73. The molecule has 1 aliphatic heterocycles. The average molecular weight is 241 g/mol. The lowest BCUT2D eigenvalue weighted by atomic mass is 9.84. The van der Waals surface area contributed by atoms with E-state index in [0.29, 0.717) is 0 Å². The van der Waals surface area contributed by atoms with Gasteiger partial charge in [-0.05, 0) is 35.2 Å². The van der Waals surface area contributed by atoms with E-state index in [2.05, 4.69) is 22.1 Å².